The van der Waals surface area contributed by atoms with Crippen molar-refractivity contribution < 1.29 is 4.52 Å². The first kappa shape index (κ1) is 13.6. The summed E-state index contributed by atoms with van der Waals surface area (Å²) in [5.74, 6) is 2.59. The second-order valence-corrected chi connectivity index (χ2v) is 4.84. The number of hydrogen-bond donors (Lipinski definition) is 2. The summed E-state index contributed by atoms with van der Waals surface area (Å²) in [7, 11) is 0. The molecule has 0 spiro atoms. The third-order valence-corrected chi connectivity index (χ3v) is 3.26. The van der Waals surface area contributed by atoms with E-state index in [0.717, 1.165) is 31.3 Å². The summed E-state index contributed by atoms with van der Waals surface area (Å²) in [6, 6.07) is 1.81. The first-order valence-electron chi connectivity index (χ1n) is 7.23. The Labute approximate surface area is 123 Å². The minimum Gasteiger partial charge on any atom is -0.360 e. The number of nitrogens with zero attached hydrogens (tertiary/aromatic N) is 5. The van der Waals surface area contributed by atoms with Gasteiger partial charge in [-0.1, -0.05) is 5.16 Å². The second-order valence-electron chi connectivity index (χ2n) is 4.84. The molecular formula is C13H19N7O. The van der Waals surface area contributed by atoms with E-state index in [1.54, 1.807) is 12.3 Å². The van der Waals surface area contributed by atoms with Crippen LogP contribution < -0.4 is 15.5 Å². The molecular weight excluding hydrogens is 270 g/mol. The van der Waals surface area contributed by atoms with E-state index in [-0.39, 0.29) is 0 Å². The van der Waals surface area contributed by atoms with Crippen LogP contribution in [0.4, 0.5) is 17.8 Å². The van der Waals surface area contributed by atoms with Crippen molar-refractivity contribution in [3.05, 3.63) is 18.0 Å². The molecule has 21 heavy (non-hydrogen) atoms. The van der Waals surface area contributed by atoms with Crippen LogP contribution in [-0.4, -0.2) is 39.7 Å². The number of hydrogen-bond acceptors (Lipinski definition) is 8. The molecule has 2 aromatic rings. The predicted molar refractivity (Wildman–Crippen MR) is 79.3 cm³/mol. The van der Waals surface area contributed by atoms with E-state index in [1.165, 1.54) is 12.8 Å². The lowest BCUT2D eigenvalue weighted by atomic mass is 10.4. The first-order valence-corrected chi connectivity index (χ1v) is 7.23. The number of anilines is 3. The SMILES string of the molecule is CCNc1nc(NCc2ccno2)nc(N2CCCC2)n1. The molecule has 1 fully saturated rings. The number of rotatable bonds is 6. The van der Waals surface area contributed by atoms with Crippen LogP contribution in [0, 0.1) is 0 Å². The van der Waals surface area contributed by atoms with Crippen LogP contribution in [0.3, 0.4) is 0 Å². The summed E-state index contributed by atoms with van der Waals surface area (Å²) in [6.45, 7) is 5.27. The highest BCUT2D eigenvalue weighted by Crippen LogP contribution is 2.18. The highest BCUT2D eigenvalue weighted by Gasteiger charge is 2.17. The average Bonchev–Trinajstić information content (AvgIpc) is 3.19. The summed E-state index contributed by atoms with van der Waals surface area (Å²) in [5, 5.41) is 9.96. The molecule has 8 heteroatoms. The molecule has 1 aliphatic heterocycles. The van der Waals surface area contributed by atoms with Gasteiger partial charge in [0.15, 0.2) is 5.76 Å². The van der Waals surface area contributed by atoms with E-state index in [4.69, 9.17) is 4.52 Å². The van der Waals surface area contributed by atoms with Crippen LogP contribution in [0.1, 0.15) is 25.5 Å². The van der Waals surface area contributed by atoms with Crippen molar-refractivity contribution in [3.63, 3.8) is 0 Å². The molecule has 2 aromatic heterocycles. The molecule has 0 radical (unpaired) electrons. The molecule has 0 amide bonds. The lowest BCUT2D eigenvalue weighted by Gasteiger charge is -2.16. The van der Waals surface area contributed by atoms with Gasteiger partial charge in [-0.25, -0.2) is 0 Å². The minimum atomic E-state index is 0.495. The summed E-state index contributed by atoms with van der Waals surface area (Å²) >= 11 is 0. The molecule has 1 aliphatic rings. The summed E-state index contributed by atoms with van der Waals surface area (Å²) < 4.78 is 5.05. The van der Waals surface area contributed by atoms with Gasteiger partial charge in [0.05, 0.1) is 12.7 Å². The smallest absolute Gasteiger partial charge is 0.231 e. The Morgan fingerprint density at radius 3 is 2.57 bits per heavy atom. The normalized spacial score (nSPS) is 14.4. The Morgan fingerprint density at radius 2 is 1.90 bits per heavy atom. The van der Waals surface area contributed by atoms with Crippen molar-refractivity contribution in [1.29, 1.82) is 0 Å². The van der Waals surface area contributed by atoms with Crippen LogP contribution in [0.2, 0.25) is 0 Å². The Morgan fingerprint density at radius 1 is 1.14 bits per heavy atom. The Bertz CT molecular complexity index is 566. The predicted octanol–water partition coefficient (Wildman–Crippen LogP) is 1.50. The van der Waals surface area contributed by atoms with Crippen molar-refractivity contribution in [1.82, 2.24) is 20.1 Å². The fourth-order valence-electron chi connectivity index (χ4n) is 2.24. The number of aromatic nitrogens is 4. The summed E-state index contributed by atoms with van der Waals surface area (Å²) in [4.78, 5) is 15.5. The van der Waals surface area contributed by atoms with E-state index in [0.29, 0.717) is 18.4 Å². The van der Waals surface area contributed by atoms with Gasteiger partial charge in [-0.05, 0) is 19.8 Å². The van der Waals surface area contributed by atoms with Crippen LogP contribution in [0.15, 0.2) is 16.8 Å². The maximum atomic E-state index is 5.05. The van der Waals surface area contributed by atoms with E-state index >= 15 is 0 Å². The van der Waals surface area contributed by atoms with Crippen LogP contribution in [0.25, 0.3) is 0 Å². The molecule has 1 saturated heterocycles. The molecule has 0 aromatic carbocycles. The standard InChI is InChI=1S/C13H19N7O/c1-2-14-11-17-12(15-9-10-5-6-16-21-10)19-13(18-11)20-7-3-4-8-20/h5-6H,2-4,7-9H2,1H3,(H2,14,15,17,18,19). The van der Waals surface area contributed by atoms with Crippen LogP contribution >= 0.6 is 0 Å². The lowest BCUT2D eigenvalue weighted by Crippen LogP contribution is -2.22. The molecule has 0 unspecified atom stereocenters. The van der Waals surface area contributed by atoms with Gasteiger partial charge in [-0.15, -0.1) is 0 Å². The Hall–Kier alpha value is -2.38. The zero-order valence-electron chi connectivity index (χ0n) is 12.0. The molecule has 0 aliphatic carbocycles. The maximum absolute atomic E-state index is 5.05. The molecule has 0 atom stereocenters. The highest BCUT2D eigenvalue weighted by molar-refractivity contribution is 5.44. The van der Waals surface area contributed by atoms with Gasteiger partial charge in [0.2, 0.25) is 17.8 Å². The Kier molecular flexibility index (Phi) is 4.13. The van der Waals surface area contributed by atoms with Crippen LogP contribution in [-0.2, 0) is 6.54 Å². The minimum absolute atomic E-state index is 0.495. The average molecular weight is 289 g/mol. The molecule has 8 nitrogen and oxygen atoms in total. The largest absolute Gasteiger partial charge is 0.360 e. The lowest BCUT2D eigenvalue weighted by molar-refractivity contribution is 0.388. The van der Waals surface area contributed by atoms with Crippen molar-refractivity contribution in [2.75, 3.05) is 35.2 Å². The monoisotopic (exact) mass is 289 g/mol. The molecule has 112 valence electrons. The van der Waals surface area contributed by atoms with E-state index in [9.17, 15) is 0 Å². The van der Waals surface area contributed by atoms with Crippen molar-refractivity contribution in [3.8, 4) is 0 Å². The van der Waals surface area contributed by atoms with Crippen LogP contribution in [0.5, 0.6) is 0 Å². The number of nitrogens with one attached hydrogen (secondary N) is 2. The molecule has 3 rings (SSSR count). The second kappa shape index (κ2) is 6.38. The topological polar surface area (TPSA) is 92.0 Å². The van der Waals surface area contributed by atoms with Gasteiger partial charge >= 0.3 is 0 Å². The fourth-order valence-corrected chi connectivity index (χ4v) is 2.24. The van der Waals surface area contributed by atoms with Gasteiger partial charge in [-0.2, -0.15) is 15.0 Å². The fraction of sp³-hybridized carbons (Fsp3) is 0.538. The van der Waals surface area contributed by atoms with E-state index in [1.807, 2.05) is 6.92 Å². The zero-order valence-corrected chi connectivity index (χ0v) is 12.0. The first-order chi connectivity index (χ1) is 10.3. The summed E-state index contributed by atoms with van der Waals surface area (Å²) in [5.41, 5.74) is 0. The van der Waals surface area contributed by atoms with Gasteiger partial charge in [-0.3, -0.25) is 0 Å². The van der Waals surface area contributed by atoms with E-state index < -0.39 is 0 Å². The third kappa shape index (κ3) is 3.39. The van der Waals surface area contributed by atoms with Gasteiger partial charge in [0.1, 0.15) is 0 Å². The molecule has 2 N–H and O–H groups in total. The van der Waals surface area contributed by atoms with Crippen molar-refractivity contribution >= 4 is 17.8 Å². The van der Waals surface area contributed by atoms with Crippen molar-refractivity contribution in [2.24, 2.45) is 0 Å². The third-order valence-electron chi connectivity index (χ3n) is 3.26. The molecule has 3 heterocycles. The summed E-state index contributed by atoms with van der Waals surface area (Å²) in [6.07, 6.45) is 3.98. The van der Waals surface area contributed by atoms with Crippen molar-refractivity contribution in [2.45, 2.75) is 26.3 Å². The maximum Gasteiger partial charge on any atom is 0.231 e. The highest BCUT2D eigenvalue weighted by atomic mass is 16.5. The van der Waals surface area contributed by atoms with Gasteiger partial charge < -0.3 is 20.1 Å². The Balaban J connectivity index is 1.77. The van der Waals surface area contributed by atoms with Gasteiger partial charge in [0, 0.05) is 25.7 Å². The van der Waals surface area contributed by atoms with Gasteiger partial charge in [0.25, 0.3) is 0 Å². The van der Waals surface area contributed by atoms with E-state index in [2.05, 4.69) is 35.6 Å². The zero-order chi connectivity index (χ0) is 14.5. The quantitative estimate of drug-likeness (QED) is 0.826. The molecule has 0 bridgehead atoms. The molecule has 0 saturated carbocycles.